The molecule has 0 unspecified atom stereocenters. The number of pyridine rings is 1. The van der Waals surface area contributed by atoms with E-state index in [4.69, 9.17) is 0 Å². The van der Waals surface area contributed by atoms with E-state index in [1.54, 1.807) is 18.5 Å². The maximum atomic E-state index is 12.4. The fourth-order valence-electron chi connectivity index (χ4n) is 2.41. The number of nitrogens with zero attached hydrogens (tertiary/aromatic N) is 1. The average Bonchev–Trinajstić information content (AvgIpc) is 2.61. The van der Waals surface area contributed by atoms with Crippen LogP contribution in [0.1, 0.15) is 21.5 Å². The van der Waals surface area contributed by atoms with Crippen LogP contribution in [0.15, 0.2) is 65.4 Å². The van der Waals surface area contributed by atoms with Crippen molar-refractivity contribution < 1.29 is 4.79 Å². The molecule has 0 atom stereocenters. The number of amides is 1. The topological polar surface area (TPSA) is 54.0 Å². The van der Waals surface area contributed by atoms with Crippen LogP contribution in [0.5, 0.6) is 0 Å². The van der Waals surface area contributed by atoms with E-state index in [0.717, 1.165) is 21.5 Å². The Morgan fingerprint density at radius 3 is 2.52 bits per heavy atom. The Balaban J connectivity index is 1.77. The van der Waals surface area contributed by atoms with E-state index < -0.39 is 0 Å². The molecule has 3 aromatic rings. The molecule has 0 spiro atoms. The van der Waals surface area contributed by atoms with E-state index in [9.17, 15) is 4.79 Å². The summed E-state index contributed by atoms with van der Waals surface area (Å²) in [7, 11) is 0. The van der Waals surface area contributed by atoms with Crippen molar-refractivity contribution in [2.45, 2.75) is 13.8 Å². The van der Waals surface area contributed by atoms with Crippen molar-refractivity contribution in [3.8, 4) is 0 Å². The van der Waals surface area contributed by atoms with Gasteiger partial charge in [0, 0.05) is 22.0 Å². The first-order chi connectivity index (χ1) is 12.0. The Labute approximate surface area is 155 Å². The minimum Gasteiger partial charge on any atom is -0.354 e. The van der Waals surface area contributed by atoms with Gasteiger partial charge in [-0.3, -0.25) is 9.78 Å². The molecule has 2 aromatic carbocycles. The van der Waals surface area contributed by atoms with Crippen molar-refractivity contribution in [1.29, 1.82) is 0 Å². The van der Waals surface area contributed by atoms with Crippen LogP contribution in [0.3, 0.4) is 0 Å². The maximum absolute atomic E-state index is 12.4. The predicted molar refractivity (Wildman–Crippen MR) is 106 cm³/mol. The zero-order valence-corrected chi connectivity index (χ0v) is 15.6. The molecule has 4 nitrogen and oxygen atoms in total. The smallest absolute Gasteiger partial charge is 0.257 e. The van der Waals surface area contributed by atoms with Crippen molar-refractivity contribution in [3.63, 3.8) is 0 Å². The predicted octanol–water partition coefficient (Wildman–Crippen LogP) is 5.46. The Morgan fingerprint density at radius 1 is 1.00 bits per heavy atom. The van der Waals surface area contributed by atoms with Crippen LogP contribution >= 0.6 is 15.9 Å². The quantitative estimate of drug-likeness (QED) is 0.616. The van der Waals surface area contributed by atoms with Crippen LogP contribution in [0.2, 0.25) is 0 Å². The number of hydrogen-bond acceptors (Lipinski definition) is 3. The third-order valence-electron chi connectivity index (χ3n) is 3.99. The fraction of sp³-hybridized carbons (Fsp3) is 0.100. The number of aryl methyl sites for hydroxylation is 1. The third kappa shape index (κ3) is 4.25. The van der Waals surface area contributed by atoms with Crippen molar-refractivity contribution in [1.82, 2.24) is 4.98 Å². The summed E-state index contributed by atoms with van der Waals surface area (Å²) in [5.41, 5.74) is 5.40. The van der Waals surface area contributed by atoms with Crippen LogP contribution in [0.25, 0.3) is 0 Å². The molecule has 1 amide bonds. The number of carbonyl (C=O) groups excluding carboxylic acids is 1. The molecular formula is C20H18BrN3O. The number of carbonyl (C=O) groups is 1. The monoisotopic (exact) mass is 395 g/mol. The Hall–Kier alpha value is -2.66. The van der Waals surface area contributed by atoms with Gasteiger partial charge in [-0.05, 0) is 61.4 Å². The summed E-state index contributed by atoms with van der Waals surface area (Å²) in [6.45, 7) is 4.13. The Morgan fingerprint density at radius 2 is 1.76 bits per heavy atom. The second-order valence-electron chi connectivity index (χ2n) is 5.80. The molecule has 3 rings (SSSR count). The molecule has 2 N–H and O–H groups in total. The minimum atomic E-state index is -0.195. The summed E-state index contributed by atoms with van der Waals surface area (Å²) in [5.74, 6) is -0.195. The number of benzene rings is 2. The average molecular weight is 396 g/mol. The molecular weight excluding hydrogens is 378 g/mol. The molecule has 1 heterocycles. The van der Waals surface area contributed by atoms with E-state index in [1.165, 1.54) is 11.1 Å². The zero-order valence-electron chi connectivity index (χ0n) is 14.0. The minimum absolute atomic E-state index is 0.195. The van der Waals surface area contributed by atoms with Crippen LogP contribution in [0, 0.1) is 13.8 Å². The highest BCUT2D eigenvalue weighted by Crippen LogP contribution is 2.23. The van der Waals surface area contributed by atoms with Crippen LogP contribution in [-0.2, 0) is 0 Å². The van der Waals surface area contributed by atoms with Crippen LogP contribution in [0.4, 0.5) is 17.1 Å². The molecule has 0 bridgehead atoms. The SMILES string of the molecule is Cc1cccc(Nc2cncc(C(=O)Nc3ccc(Br)cc3)c2)c1C. The van der Waals surface area contributed by atoms with Gasteiger partial charge in [-0.15, -0.1) is 0 Å². The maximum Gasteiger partial charge on any atom is 0.257 e. The van der Waals surface area contributed by atoms with Gasteiger partial charge < -0.3 is 10.6 Å². The highest BCUT2D eigenvalue weighted by molar-refractivity contribution is 9.10. The van der Waals surface area contributed by atoms with Crippen molar-refractivity contribution in [2.24, 2.45) is 0 Å². The lowest BCUT2D eigenvalue weighted by molar-refractivity contribution is 0.102. The summed E-state index contributed by atoms with van der Waals surface area (Å²) >= 11 is 3.38. The highest BCUT2D eigenvalue weighted by atomic mass is 79.9. The molecule has 0 fully saturated rings. The standard InChI is InChI=1S/C20H18BrN3O/c1-13-4-3-5-19(14(13)2)23-18-10-15(11-22-12-18)20(25)24-17-8-6-16(21)7-9-17/h3-12,23H,1-2H3,(H,24,25). The van der Waals surface area contributed by atoms with E-state index in [-0.39, 0.29) is 5.91 Å². The molecule has 1 aromatic heterocycles. The number of hydrogen-bond donors (Lipinski definition) is 2. The van der Waals surface area contributed by atoms with Gasteiger partial charge in [-0.1, -0.05) is 28.1 Å². The fourth-order valence-corrected chi connectivity index (χ4v) is 2.68. The van der Waals surface area contributed by atoms with Gasteiger partial charge >= 0.3 is 0 Å². The number of anilines is 3. The molecule has 0 aliphatic heterocycles. The Bertz CT molecular complexity index is 907. The van der Waals surface area contributed by atoms with Crippen molar-refractivity contribution in [3.05, 3.63) is 82.1 Å². The van der Waals surface area contributed by atoms with E-state index >= 15 is 0 Å². The van der Waals surface area contributed by atoms with Gasteiger partial charge in [0.05, 0.1) is 17.4 Å². The van der Waals surface area contributed by atoms with Crippen LogP contribution in [-0.4, -0.2) is 10.9 Å². The van der Waals surface area contributed by atoms with Gasteiger partial charge in [0.25, 0.3) is 5.91 Å². The van der Waals surface area contributed by atoms with E-state index in [0.29, 0.717) is 5.56 Å². The molecule has 0 radical (unpaired) electrons. The first kappa shape index (κ1) is 17.2. The summed E-state index contributed by atoms with van der Waals surface area (Å²) in [5, 5.41) is 6.20. The van der Waals surface area contributed by atoms with Gasteiger partial charge in [0.2, 0.25) is 0 Å². The lowest BCUT2D eigenvalue weighted by Crippen LogP contribution is -2.12. The van der Waals surface area contributed by atoms with Crippen molar-refractivity contribution in [2.75, 3.05) is 10.6 Å². The van der Waals surface area contributed by atoms with Gasteiger partial charge in [-0.25, -0.2) is 0 Å². The normalized spacial score (nSPS) is 10.4. The second-order valence-corrected chi connectivity index (χ2v) is 6.71. The number of rotatable bonds is 4. The molecule has 25 heavy (non-hydrogen) atoms. The highest BCUT2D eigenvalue weighted by Gasteiger charge is 2.09. The van der Waals surface area contributed by atoms with Gasteiger partial charge in [0.15, 0.2) is 0 Å². The lowest BCUT2D eigenvalue weighted by Gasteiger charge is -2.12. The summed E-state index contributed by atoms with van der Waals surface area (Å²) in [6, 6.07) is 15.3. The number of aromatic nitrogens is 1. The Kier molecular flexibility index (Phi) is 5.14. The third-order valence-corrected chi connectivity index (χ3v) is 4.51. The number of nitrogens with one attached hydrogen (secondary N) is 2. The molecule has 0 aliphatic carbocycles. The summed E-state index contributed by atoms with van der Waals surface area (Å²) < 4.78 is 0.965. The molecule has 0 aliphatic rings. The summed E-state index contributed by atoms with van der Waals surface area (Å²) in [6.07, 6.45) is 3.26. The van der Waals surface area contributed by atoms with Crippen molar-refractivity contribution >= 4 is 38.9 Å². The number of halogens is 1. The first-order valence-electron chi connectivity index (χ1n) is 7.88. The van der Waals surface area contributed by atoms with E-state index in [2.05, 4.69) is 51.5 Å². The molecule has 0 saturated heterocycles. The largest absolute Gasteiger partial charge is 0.354 e. The first-order valence-corrected chi connectivity index (χ1v) is 8.67. The van der Waals surface area contributed by atoms with Gasteiger partial charge in [0.1, 0.15) is 0 Å². The second kappa shape index (κ2) is 7.49. The van der Waals surface area contributed by atoms with E-state index in [1.807, 2.05) is 36.4 Å². The molecule has 5 heteroatoms. The molecule has 0 saturated carbocycles. The lowest BCUT2D eigenvalue weighted by atomic mass is 10.1. The zero-order chi connectivity index (χ0) is 17.8. The van der Waals surface area contributed by atoms with Gasteiger partial charge in [-0.2, -0.15) is 0 Å². The van der Waals surface area contributed by atoms with Crippen LogP contribution < -0.4 is 10.6 Å². The molecule has 126 valence electrons. The summed E-state index contributed by atoms with van der Waals surface area (Å²) in [4.78, 5) is 16.6.